The number of H-pyrrole nitrogens is 1. The highest BCUT2D eigenvalue weighted by Crippen LogP contribution is 2.04. The summed E-state index contributed by atoms with van der Waals surface area (Å²) in [4.78, 5) is 28.6. The zero-order valence-corrected chi connectivity index (χ0v) is 13.3. The van der Waals surface area contributed by atoms with E-state index in [0.717, 1.165) is 5.69 Å². The van der Waals surface area contributed by atoms with Crippen LogP contribution < -0.4 is 10.9 Å². The monoisotopic (exact) mass is 322 g/mol. The molecule has 1 aromatic carbocycles. The quantitative estimate of drug-likeness (QED) is 0.753. The Hall–Kier alpha value is -3.15. The zero-order chi connectivity index (χ0) is 16.9. The predicted octanol–water partition coefficient (Wildman–Crippen LogP) is 1.92. The van der Waals surface area contributed by atoms with Gasteiger partial charge < -0.3 is 5.32 Å². The number of para-hydroxylation sites is 1. The maximum Gasteiger partial charge on any atom is 0.271 e. The molecular weight excluding hydrogens is 304 g/mol. The van der Waals surface area contributed by atoms with Crippen molar-refractivity contribution in [1.29, 1.82) is 0 Å². The van der Waals surface area contributed by atoms with Crippen LogP contribution >= 0.6 is 0 Å². The van der Waals surface area contributed by atoms with Gasteiger partial charge in [0, 0.05) is 30.4 Å². The maximum absolute atomic E-state index is 12.3. The summed E-state index contributed by atoms with van der Waals surface area (Å²) in [5, 5.41) is 5.72. The summed E-state index contributed by atoms with van der Waals surface area (Å²) >= 11 is 0. The van der Waals surface area contributed by atoms with E-state index in [4.69, 9.17) is 0 Å². The van der Waals surface area contributed by atoms with Gasteiger partial charge in [0.05, 0.1) is 5.69 Å². The summed E-state index contributed by atoms with van der Waals surface area (Å²) in [6, 6.07) is 16.0. The van der Waals surface area contributed by atoms with E-state index < -0.39 is 0 Å². The standard InChI is InChI=1S/C18H18N4O2/c1-13(11-14-7-5-6-10-19-14)20-18(24)16-12-17(23)22(21-16)15-8-3-2-4-9-15/h2-10,12-13,21H,11H2,1H3,(H,20,24)/t13-/m0/s1. The molecule has 3 rings (SSSR count). The molecule has 24 heavy (non-hydrogen) atoms. The molecule has 0 saturated heterocycles. The minimum atomic E-state index is -0.315. The lowest BCUT2D eigenvalue weighted by Gasteiger charge is -2.12. The molecule has 0 aliphatic rings. The van der Waals surface area contributed by atoms with Crippen molar-refractivity contribution in [3.63, 3.8) is 0 Å². The second kappa shape index (κ2) is 6.95. The van der Waals surface area contributed by atoms with Gasteiger partial charge in [0.1, 0.15) is 5.69 Å². The van der Waals surface area contributed by atoms with Crippen LogP contribution in [0.2, 0.25) is 0 Å². The van der Waals surface area contributed by atoms with Gasteiger partial charge in [-0.3, -0.25) is 19.7 Å². The average molecular weight is 322 g/mol. The Morgan fingerprint density at radius 2 is 1.96 bits per heavy atom. The first-order chi connectivity index (χ1) is 11.6. The number of carbonyl (C=O) groups excluding carboxylic acids is 1. The fourth-order valence-electron chi connectivity index (χ4n) is 2.47. The molecule has 0 aliphatic carbocycles. The molecule has 6 nitrogen and oxygen atoms in total. The van der Waals surface area contributed by atoms with Gasteiger partial charge in [0.25, 0.3) is 11.5 Å². The first-order valence-electron chi connectivity index (χ1n) is 7.72. The molecule has 0 aliphatic heterocycles. The number of carbonyl (C=O) groups is 1. The number of rotatable bonds is 5. The minimum absolute atomic E-state index is 0.101. The van der Waals surface area contributed by atoms with Crippen LogP contribution in [0.1, 0.15) is 23.1 Å². The Bertz CT molecular complexity index is 869. The third kappa shape index (κ3) is 3.60. The van der Waals surface area contributed by atoms with Crippen LogP contribution in [-0.4, -0.2) is 26.7 Å². The SMILES string of the molecule is C[C@@H](Cc1ccccn1)NC(=O)c1cc(=O)n(-c2ccccc2)[nH]1. The lowest BCUT2D eigenvalue weighted by molar-refractivity contribution is 0.0934. The number of hydrogen-bond donors (Lipinski definition) is 2. The third-order valence-corrected chi connectivity index (χ3v) is 3.60. The summed E-state index contributed by atoms with van der Waals surface area (Å²) < 4.78 is 1.35. The van der Waals surface area contributed by atoms with Crippen LogP contribution in [0.5, 0.6) is 0 Å². The highest BCUT2D eigenvalue weighted by molar-refractivity contribution is 5.92. The lowest BCUT2D eigenvalue weighted by atomic mass is 10.1. The first-order valence-corrected chi connectivity index (χ1v) is 7.72. The Morgan fingerprint density at radius 1 is 1.21 bits per heavy atom. The highest BCUT2D eigenvalue weighted by atomic mass is 16.2. The predicted molar refractivity (Wildman–Crippen MR) is 91.3 cm³/mol. The fraction of sp³-hybridized carbons (Fsp3) is 0.167. The van der Waals surface area contributed by atoms with Gasteiger partial charge in [-0.2, -0.15) is 0 Å². The molecule has 0 spiro atoms. The van der Waals surface area contributed by atoms with Gasteiger partial charge in [-0.1, -0.05) is 24.3 Å². The number of nitrogens with zero attached hydrogens (tertiary/aromatic N) is 2. The molecule has 0 bridgehead atoms. The number of benzene rings is 1. The molecule has 122 valence electrons. The van der Waals surface area contributed by atoms with Crippen molar-refractivity contribution in [3.8, 4) is 5.69 Å². The van der Waals surface area contributed by atoms with Crippen LogP contribution in [0.25, 0.3) is 5.69 Å². The number of nitrogens with one attached hydrogen (secondary N) is 2. The largest absolute Gasteiger partial charge is 0.348 e. The molecule has 0 fully saturated rings. The minimum Gasteiger partial charge on any atom is -0.348 e. The normalized spacial score (nSPS) is 11.9. The zero-order valence-electron chi connectivity index (χ0n) is 13.3. The van der Waals surface area contributed by atoms with Crippen LogP contribution in [0.4, 0.5) is 0 Å². The Balaban J connectivity index is 1.71. The van der Waals surface area contributed by atoms with Crippen LogP contribution in [0.3, 0.4) is 0 Å². The van der Waals surface area contributed by atoms with Crippen molar-refractivity contribution in [2.24, 2.45) is 0 Å². The van der Waals surface area contributed by atoms with Crippen molar-refractivity contribution in [3.05, 3.63) is 82.5 Å². The Kier molecular flexibility index (Phi) is 4.56. The van der Waals surface area contributed by atoms with E-state index in [1.807, 2.05) is 43.3 Å². The van der Waals surface area contributed by atoms with E-state index in [-0.39, 0.29) is 23.2 Å². The first kappa shape index (κ1) is 15.7. The summed E-state index contributed by atoms with van der Waals surface area (Å²) in [6.45, 7) is 1.90. The number of hydrogen-bond acceptors (Lipinski definition) is 3. The van der Waals surface area contributed by atoms with E-state index in [0.29, 0.717) is 12.1 Å². The van der Waals surface area contributed by atoms with Gasteiger partial charge >= 0.3 is 0 Å². The summed E-state index contributed by atoms with van der Waals surface area (Å²) in [5.41, 5.74) is 1.55. The third-order valence-electron chi connectivity index (χ3n) is 3.60. The van der Waals surface area contributed by atoms with Gasteiger partial charge in [-0.05, 0) is 31.2 Å². The molecule has 6 heteroatoms. The van der Waals surface area contributed by atoms with Gasteiger partial charge in [0.15, 0.2) is 0 Å². The number of amides is 1. The molecule has 1 amide bonds. The molecule has 2 N–H and O–H groups in total. The summed E-state index contributed by atoms with van der Waals surface area (Å²) in [7, 11) is 0. The van der Waals surface area contributed by atoms with Gasteiger partial charge in [0.2, 0.25) is 0 Å². The summed E-state index contributed by atoms with van der Waals surface area (Å²) in [6.07, 6.45) is 2.34. The molecule has 1 atom stereocenters. The van der Waals surface area contributed by atoms with E-state index in [9.17, 15) is 9.59 Å². The van der Waals surface area contributed by atoms with Crippen molar-refractivity contribution >= 4 is 5.91 Å². The summed E-state index contributed by atoms with van der Waals surface area (Å²) in [5.74, 6) is -0.315. The molecule has 2 heterocycles. The van der Waals surface area contributed by atoms with E-state index in [2.05, 4.69) is 15.4 Å². The average Bonchev–Trinajstić information content (AvgIpc) is 2.98. The molecule has 0 radical (unpaired) electrons. The van der Waals surface area contributed by atoms with E-state index in [1.54, 1.807) is 18.3 Å². The van der Waals surface area contributed by atoms with Crippen molar-refractivity contribution in [2.75, 3.05) is 0 Å². The number of aromatic nitrogens is 3. The molecule has 0 unspecified atom stereocenters. The smallest absolute Gasteiger partial charge is 0.271 e. The Labute approximate surface area is 139 Å². The second-order valence-corrected chi connectivity index (χ2v) is 5.58. The molecule has 2 aromatic heterocycles. The second-order valence-electron chi connectivity index (χ2n) is 5.58. The van der Waals surface area contributed by atoms with Crippen LogP contribution in [0.15, 0.2) is 65.6 Å². The number of pyridine rings is 1. The lowest BCUT2D eigenvalue weighted by Crippen LogP contribution is -2.34. The van der Waals surface area contributed by atoms with Crippen LogP contribution in [-0.2, 0) is 6.42 Å². The fourth-order valence-corrected chi connectivity index (χ4v) is 2.47. The molecule has 3 aromatic rings. The Morgan fingerprint density at radius 3 is 2.67 bits per heavy atom. The van der Waals surface area contributed by atoms with E-state index >= 15 is 0 Å². The van der Waals surface area contributed by atoms with Gasteiger partial charge in [-0.15, -0.1) is 0 Å². The molecular formula is C18H18N4O2. The maximum atomic E-state index is 12.3. The van der Waals surface area contributed by atoms with Gasteiger partial charge in [-0.25, -0.2) is 4.68 Å². The van der Waals surface area contributed by atoms with Crippen molar-refractivity contribution in [2.45, 2.75) is 19.4 Å². The molecule has 0 saturated carbocycles. The highest BCUT2D eigenvalue weighted by Gasteiger charge is 2.15. The topological polar surface area (TPSA) is 79.8 Å². The van der Waals surface area contributed by atoms with Crippen molar-refractivity contribution in [1.82, 2.24) is 20.1 Å². The number of aromatic amines is 1. The van der Waals surface area contributed by atoms with Crippen LogP contribution in [0, 0.1) is 0 Å². The van der Waals surface area contributed by atoms with Crippen molar-refractivity contribution < 1.29 is 4.79 Å². The van der Waals surface area contributed by atoms with E-state index in [1.165, 1.54) is 10.7 Å².